The van der Waals surface area contributed by atoms with E-state index in [4.69, 9.17) is 0 Å². The Bertz CT molecular complexity index is 365. The number of hydrogen-bond donors (Lipinski definition) is 0. The summed E-state index contributed by atoms with van der Waals surface area (Å²) in [6.45, 7) is 3.49. The molecule has 15 heavy (non-hydrogen) atoms. The fourth-order valence-electron chi connectivity index (χ4n) is 1.79. The molecule has 1 aromatic heterocycles. The van der Waals surface area contributed by atoms with Gasteiger partial charge in [0.25, 0.3) is 0 Å². The Kier molecular flexibility index (Phi) is 2.94. The van der Waals surface area contributed by atoms with Crippen LogP contribution < -0.4 is 4.90 Å². The van der Waals surface area contributed by atoms with Crippen LogP contribution in [0.1, 0.15) is 25.5 Å². The zero-order valence-electron chi connectivity index (χ0n) is 8.94. The number of anilines is 1. The van der Waals surface area contributed by atoms with Crippen molar-refractivity contribution in [3.05, 3.63) is 18.1 Å². The molecule has 4 nitrogen and oxygen atoms in total. The minimum Gasteiger partial charge on any atom is -0.349 e. The van der Waals surface area contributed by atoms with Gasteiger partial charge in [0.2, 0.25) is 0 Å². The zero-order valence-corrected chi connectivity index (χ0v) is 8.94. The van der Waals surface area contributed by atoms with Gasteiger partial charge in [-0.05, 0) is 12.8 Å². The van der Waals surface area contributed by atoms with E-state index in [1.807, 2.05) is 11.0 Å². The molecule has 1 aromatic rings. The first-order valence-electron chi connectivity index (χ1n) is 5.37. The van der Waals surface area contributed by atoms with E-state index < -0.39 is 0 Å². The topological polar surface area (TPSA) is 46.1 Å². The summed E-state index contributed by atoms with van der Waals surface area (Å²) in [6.07, 6.45) is 4.12. The lowest BCUT2D eigenvalue weighted by molar-refractivity contribution is -0.118. The first kappa shape index (κ1) is 10.1. The van der Waals surface area contributed by atoms with Crippen LogP contribution in [0.25, 0.3) is 0 Å². The summed E-state index contributed by atoms with van der Waals surface area (Å²) in [6, 6.07) is 1.97. The van der Waals surface area contributed by atoms with E-state index in [1.165, 1.54) is 0 Å². The minimum absolute atomic E-state index is 0.304. The van der Waals surface area contributed by atoms with Crippen LogP contribution in [-0.4, -0.2) is 28.8 Å². The first-order chi connectivity index (χ1) is 7.29. The number of carbonyl (C=O) groups is 1. The van der Waals surface area contributed by atoms with Crippen LogP contribution in [0.2, 0.25) is 0 Å². The van der Waals surface area contributed by atoms with E-state index in [9.17, 15) is 4.79 Å². The molecule has 80 valence electrons. The standard InChI is InChI=1S/C11H15N3O/c1-2-9-6-11(13-8-12-9)14-5-3-4-10(15)7-14/h6,8H,2-5,7H2,1H3. The van der Waals surface area contributed by atoms with Gasteiger partial charge in [0, 0.05) is 24.7 Å². The lowest BCUT2D eigenvalue weighted by Gasteiger charge is -2.26. The van der Waals surface area contributed by atoms with Crippen molar-refractivity contribution in [2.45, 2.75) is 26.2 Å². The number of hydrogen-bond acceptors (Lipinski definition) is 4. The molecule has 0 N–H and O–H groups in total. The van der Waals surface area contributed by atoms with Gasteiger partial charge in [0.05, 0.1) is 6.54 Å². The van der Waals surface area contributed by atoms with E-state index in [0.29, 0.717) is 18.7 Å². The molecule has 1 aliphatic heterocycles. The number of aryl methyl sites for hydroxylation is 1. The lowest BCUT2D eigenvalue weighted by atomic mass is 10.1. The quantitative estimate of drug-likeness (QED) is 0.728. The molecule has 0 amide bonds. The highest BCUT2D eigenvalue weighted by Crippen LogP contribution is 2.15. The van der Waals surface area contributed by atoms with E-state index in [1.54, 1.807) is 6.33 Å². The summed E-state index contributed by atoms with van der Waals surface area (Å²) >= 11 is 0. The second-order valence-corrected chi connectivity index (χ2v) is 3.78. The van der Waals surface area contributed by atoms with Gasteiger partial charge < -0.3 is 4.90 Å². The van der Waals surface area contributed by atoms with Crippen molar-refractivity contribution in [2.24, 2.45) is 0 Å². The fourth-order valence-corrected chi connectivity index (χ4v) is 1.79. The molecule has 0 bridgehead atoms. The summed E-state index contributed by atoms with van der Waals surface area (Å²) in [4.78, 5) is 21.7. The van der Waals surface area contributed by atoms with Crippen LogP contribution in [-0.2, 0) is 11.2 Å². The Balaban J connectivity index is 2.17. The molecule has 0 saturated carbocycles. The molecular weight excluding hydrogens is 190 g/mol. The summed E-state index contributed by atoms with van der Waals surface area (Å²) < 4.78 is 0. The molecule has 0 aromatic carbocycles. The smallest absolute Gasteiger partial charge is 0.152 e. The maximum atomic E-state index is 11.3. The predicted octanol–water partition coefficient (Wildman–Crippen LogP) is 1.21. The molecule has 4 heteroatoms. The first-order valence-corrected chi connectivity index (χ1v) is 5.37. The third-order valence-corrected chi connectivity index (χ3v) is 2.65. The van der Waals surface area contributed by atoms with Gasteiger partial charge in [-0.1, -0.05) is 6.92 Å². The molecule has 2 heterocycles. The Morgan fingerprint density at radius 2 is 2.33 bits per heavy atom. The van der Waals surface area contributed by atoms with Crippen LogP contribution in [0.4, 0.5) is 5.82 Å². The zero-order chi connectivity index (χ0) is 10.7. The molecule has 1 saturated heterocycles. The lowest BCUT2D eigenvalue weighted by Crippen LogP contribution is -2.36. The summed E-state index contributed by atoms with van der Waals surface area (Å²) in [5.41, 5.74) is 1.03. The molecule has 0 spiro atoms. The Hall–Kier alpha value is -1.45. The van der Waals surface area contributed by atoms with Crippen molar-refractivity contribution in [2.75, 3.05) is 18.0 Å². The molecule has 0 unspecified atom stereocenters. The van der Waals surface area contributed by atoms with Gasteiger partial charge >= 0.3 is 0 Å². The molecule has 0 aliphatic carbocycles. The number of aromatic nitrogens is 2. The average molecular weight is 205 g/mol. The van der Waals surface area contributed by atoms with Gasteiger partial charge in [0.1, 0.15) is 12.1 Å². The summed E-state index contributed by atoms with van der Waals surface area (Å²) in [5, 5.41) is 0. The van der Waals surface area contributed by atoms with E-state index >= 15 is 0 Å². The second kappa shape index (κ2) is 4.38. The number of carbonyl (C=O) groups excluding carboxylic acids is 1. The van der Waals surface area contributed by atoms with E-state index in [2.05, 4.69) is 16.9 Å². The number of Topliss-reactive ketones (excluding diaryl/α,β-unsaturated/α-hetero) is 1. The molecular formula is C11H15N3O. The third-order valence-electron chi connectivity index (χ3n) is 2.65. The van der Waals surface area contributed by atoms with Gasteiger partial charge in [0.15, 0.2) is 5.78 Å². The summed E-state index contributed by atoms with van der Waals surface area (Å²) in [7, 11) is 0. The van der Waals surface area contributed by atoms with Crippen molar-refractivity contribution in [3.63, 3.8) is 0 Å². The van der Waals surface area contributed by atoms with Crippen LogP contribution in [0.5, 0.6) is 0 Å². The van der Waals surface area contributed by atoms with Crippen LogP contribution in [0.3, 0.4) is 0 Å². The Morgan fingerprint density at radius 1 is 1.47 bits per heavy atom. The SMILES string of the molecule is CCc1cc(N2CCCC(=O)C2)ncn1. The van der Waals surface area contributed by atoms with Crippen LogP contribution in [0, 0.1) is 0 Å². The van der Waals surface area contributed by atoms with Crippen molar-refractivity contribution >= 4 is 11.6 Å². The number of rotatable bonds is 2. The normalized spacial score (nSPS) is 16.9. The minimum atomic E-state index is 0.304. The largest absolute Gasteiger partial charge is 0.349 e. The number of nitrogens with zero attached hydrogens (tertiary/aromatic N) is 3. The van der Waals surface area contributed by atoms with Crippen LogP contribution in [0.15, 0.2) is 12.4 Å². The summed E-state index contributed by atoms with van der Waals surface area (Å²) in [5.74, 6) is 1.19. The Labute approximate surface area is 89.3 Å². The molecule has 0 radical (unpaired) electrons. The molecule has 0 atom stereocenters. The van der Waals surface area contributed by atoms with Gasteiger partial charge in [-0.2, -0.15) is 0 Å². The monoisotopic (exact) mass is 205 g/mol. The number of piperidine rings is 1. The highest BCUT2D eigenvalue weighted by Gasteiger charge is 2.17. The van der Waals surface area contributed by atoms with Crippen LogP contribution >= 0.6 is 0 Å². The second-order valence-electron chi connectivity index (χ2n) is 3.78. The molecule has 2 rings (SSSR count). The van der Waals surface area contributed by atoms with Crippen molar-refractivity contribution in [1.29, 1.82) is 0 Å². The third kappa shape index (κ3) is 2.32. The molecule has 1 aliphatic rings. The highest BCUT2D eigenvalue weighted by atomic mass is 16.1. The number of ketones is 1. The van der Waals surface area contributed by atoms with Crippen molar-refractivity contribution in [3.8, 4) is 0 Å². The average Bonchev–Trinajstić information content (AvgIpc) is 2.29. The van der Waals surface area contributed by atoms with Crippen molar-refractivity contribution in [1.82, 2.24) is 9.97 Å². The van der Waals surface area contributed by atoms with Gasteiger partial charge in [-0.15, -0.1) is 0 Å². The van der Waals surface area contributed by atoms with E-state index in [0.717, 1.165) is 30.9 Å². The predicted molar refractivity (Wildman–Crippen MR) is 57.9 cm³/mol. The maximum Gasteiger partial charge on any atom is 0.152 e. The fraction of sp³-hybridized carbons (Fsp3) is 0.545. The van der Waals surface area contributed by atoms with Gasteiger partial charge in [-0.3, -0.25) is 4.79 Å². The van der Waals surface area contributed by atoms with Gasteiger partial charge in [-0.25, -0.2) is 9.97 Å². The van der Waals surface area contributed by atoms with Crippen molar-refractivity contribution < 1.29 is 4.79 Å². The maximum absolute atomic E-state index is 11.3. The van der Waals surface area contributed by atoms with E-state index in [-0.39, 0.29) is 0 Å². The Morgan fingerprint density at radius 3 is 3.07 bits per heavy atom. The highest BCUT2D eigenvalue weighted by molar-refractivity contribution is 5.84. The molecule has 1 fully saturated rings.